The Kier molecular flexibility index (Phi) is 4.55. The molecule has 7 aromatic carbocycles. The fourth-order valence-electron chi connectivity index (χ4n) is 7.83. The van der Waals surface area contributed by atoms with Crippen LogP contribution in [-0.4, -0.2) is 14.5 Å². The number of benzene rings is 6. The molecule has 0 saturated heterocycles. The summed E-state index contributed by atoms with van der Waals surface area (Å²) in [6.07, 6.45) is 7.18. The van der Waals surface area contributed by atoms with Crippen LogP contribution in [0, 0.1) is 13.8 Å². The van der Waals surface area contributed by atoms with Crippen molar-refractivity contribution in [3.63, 3.8) is 0 Å². The molecule has 0 aliphatic heterocycles. The lowest BCUT2D eigenvalue weighted by molar-refractivity contribution is 0.987. The van der Waals surface area contributed by atoms with E-state index in [4.69, 9.17) is 0 Å². The number of nitrogens with zero attached hydrogens (tertiary/aromatic N) is 3. The molecule has 3 heterocycles. The van der Waals surface area contributed by atoms with Crippen molar-refractivity contribution in [2.24, 2.45) is 0 Å². The Bertz CT molecular complexity index is 2740. The van der Waals surface area contributed by atoms with Crippen molar-refractivity contribution in [2.75, 3.05) is 0 Å². The van der Waals surface area contributed by atoms with Crippen LogP contribution in [0.5, 0.6) is 0 Å². The SMILES string of the molecule is Cc1ccc(-n2c(=O)c3c4cc(-c5ccncc5)c5ccc6ccc7c(-c8ccncc8)cc(c3c2=O)c2c7c6c5c42)cc1C. The molecule has 0 unspecified atom stereocenters. The first-order valence-electron chi connectivity index (χ1n) is 15.1. The maximum atomic E-state index is 14.6. The van der Waals surface area contributed by atoms with Crippen molar-refractivity contribution in [1.82, 2.24) is 14.5 Å². The number of hydrogen-bond donors (Lipinski definition) is 0. The van der Waals surface area contributed by atoms with E-state index >= 15 is 0 Å². The van der Waals surface area contributed by atoms with Crippen molar-refractivity contribution < 1.29 is 0 Å². The Morgan fingerprint density at radius 1 is 0.467 bits per heavy atom. The average Bonchev–Trinajstić information content (AvgIpc) is 3.57. The van der Waals surface area contributed by atoms with Crippen LogP contribution >= 0.6 is 0 Å². The topological polar surface area (TPSA) is 64.8 Å². The molecule has 0 aliphatic carbocycles. The van der Waals surface area contributed by atoms with Gasteiger partial charge in [0.1, 0.15) is 0 Å². The highest BCUT2D eigenvalue weighted by atomic mass is 16.2. The molecule has 10 aromatic rings. The summed E-state index contributed by atoms with van der Waals surface area (Å²) < 4.78 is 1.37. The summed E-state index contributed by atoms with van der Waals surface area (Å²) in [7, 11) is 0. The zero-order chi connectivity index (χ0) is 30.1. The summed E-state index contributed by atoms with van der Waals surface area (Å²) in [4.78, 5) is 37.8. The molecule has 0 amide bonds. The van der Waals surface area contributed by atoms with Crippen LogP contribution in [0.3, 0.4) is 0 Å². The zero-order valence-corrected chi connectivity index (χ0v) is 24.5. The maximum Gasteiger partial charge on any atom is 0.266 e. The summed E-state index contributed by atoms with van der Waals surface area (Å²) in [6.45, 7) is 4.04. The van der Waals surface area contributed by atoms with E-state index in [1.807, 2.05) is 56.3 Å². The third-order valence-corrected chi connectivity index (χ3v) is 9.99. The Morgan fingerprint density at radius 3 is 1.44 bits per heavy atom. The molecule has 5 heteroatoms. The van der Waals surface area contributed by atoms with Gasteiger partial charge in [-0.2, -0.15) is 0 Å². The first-order chi connectivity index (χ1) is 22.0. The van der Waals surface area contributed by atoms with Gasteiger partial charge in [-0.15, -0.1) is 0 Å². The molecule has 0 spiro atoms. The first-order valence-corrected chi connectivity index (χ1v) is 15.1. The molecule has 0 bridgehead atoms. The van der Waals surface area contributed by atoms with Gasteiger partial charge in [0.15, 0.2) is 0 Å². The normalized spacial score (nSPS) is 12.4. The van der Waals surface area contributed by atoms with Crippen LogP contribution in [0.15, 0.2) is 113 Å². The van der Waals surface area contributed by atoms with Crippen LogP contribution in [0.1, 0.15) is 11.1 Å². The Labute approximate surface area is 256 Å². The van der Waals surface area contributed by atoms with Crippen molar-refractivity contribution in [3.8, 4) is 27.9 Å². The molecule has 0 fully saturated rings. The fraction of sp³-hybridized carbons (Fsp3) is 0.0500. The second-order valence-electron chi connectivity index (χ2n) is 12.2. The van der Waals surface area contributed by atoms with E-state index in [0.29, 0.717) is 16.5 Å². The molecule has 45 heavy (non-hydrogen) atoms. The first kappa shape index (κ1) is 24.5. The van der Waals surface area contributed by atoms with Gasteiger partial charge in [-0.05, 0) is 150 Å². The predicted molar refractivity (Wildman–Crippen MR) is 184 cm³/mol. The van der Waals surface area contributed by atoms with Gasteiger partial charge >= 0.3 is 0 Å². The lowest BCUT2D eigenvalue weighted by Gasteiger charge is -2.12. The van der Waals surface area contributed by atoms with Gasteiger partial charge in [0.2, 0.25) is 0 Å². The number of hydrogen-bond acceptors (Lipinski definition) is 4. The number of aryl methyl sites for hydroxylation is 2. The quantitative estimate of drug-likeness (QED) is 0.197. The molecular formula is C40H23N3O2. The molecule has 0 saturated carbocycles. The molecular weight excluding hydrogens is 554 g/mol. The molecule has 0 atom stereocenters. The van der Waals surface area contributed by atoms with E-state index in [1.165, 1.54) is 9.95 Å². The molecule has 0 N–H and O–H groups in total. The minimum Gasteiger partial charge on any atom is -0.268 e. The van der Waals surface area contributed by atoms with Gasteiger partial charge in [0, 0.05) is 24.8 Å². The van der Waals surface area contributed by atoms with Crippen molar-refractivity contribution >= 4 is 64.6 Å². The van der Waals surface area contributed by atoms with Crippen LogP contribution in [0.2, 0.25) is 0 Å². The monoisotopic (exact) mass is 577 g/mol. The summed E-state index contributed by atoms with van der Waals surface area (Å²) in [6, 6.07) is 26.8. The highest BCUT2D eigenvalue weighted by Crippen LogP contribution is 2.53. The highest BCUT2D eigenvalue weighted by molar-refractivity contribution is 6.50. The fourth-order valence-corrected chi connectivity index (χ4v) is 7.83. The van der Waals surface area contributed by atoms with Crippen molar-refractivity contribution in [2.45, 2.75) is 13.8 Å². The third-order valence-electron chi connectivity index (χ3n) is 9.99. The van der Waals surface area contributed by atoms with E-state index in [-0.39, 0.29) is 11.1 Å². The van der Waals surface area contributed by atoms with Crippen molar-refractivity contribution in [3.05, 3.63) is 135 Å². The zero-order valence-electron chi connectivity index (χ0n) is 24.5. The minimum absolute atomic E-state index is 0.283. The highest BCUT2D eigenvalue weighted by Gasteiger charge is 2.29. The van der Waals surface area contributed by atoms with Crippen LogP contribution in [0.4, 0.5) is 0 Å². The van der Waals surface area contributed by atoms with E-state index < -0.39 is 0 Å². The van der Waals surface area contributed by atoms with E-state index in [1.54, 1.807) is 24.8 Å². The lowest BCUT2D eigenvalue weighted by atomic mass is 9.89. The van der Waals surface area contributed by atoms with Gasteiger partial charge in [-0.25, -0.2) is 4.57 Å². The van der Waals surface area contributed by atoms with Crippen LogP contribution in [-0.2, 0) is 0 Å². The molecule has 3 aromatic heterocycles. The third kappa shape index (κ3) is 2.97. The summed E-state index contributed by atoms with van der Waals surface area (Å²) in [5.41, 5.74) is 6.24. The van der Waals surface area contributed by atoms with E-state index in [2.05, 4.69) is 46.4 Å². The minimum atomic E-state index is -0.283. The molecule has 210 valence electrons. The van der Waals surface area contributed by atoms with Crippen LogP contribution < -0.4 is 11.1 Å². The van der Waals surface area contributed by atoms with Crippen molar-refractivity contribution in [1.29, 1.82) is 0 Å². The van der Waals surface area contributed by atoms with Gasteiger partial charge < -0.3 is 0 Å². The second kappa shape index (κ2) is 8.36. The van der Waals surface area contributed by atoms with E-state index in [9.17, 15) is 9.59 Å². The second-order valence-corrected chi connectivity index (χ2v) is 12.2. The van der Waals surface area contributed by atoms with Gasteiger partial charge in [0.05, 0.1) is 16.5 Å². The standard InChI is InChI=1S/C40H23N3O2/c1-20-3-6-25(17-21(20)2)43-39(44)37-30-18-28(22-9-13-41-14-10-22)26-7-4-24-5-8-27-29(23-11-15-42-16-12-23)19-31(38(37)40(43)45)36-34(27)32(24)33(26)35(30)36/h3-19H,1-2H3. The average molecular weight is 578 g/mol. The largest absolute Gasteiger partial charge is 0.268 e. The number of pyridine rings is 2. The lowest BCUT2D eigenvalue weighted by Crippen LogP contribution is -2.23. The molecule has 10 rings (SSSR count). The summed E-state index contributed by atoms with van der Waals surface area (Å²) in [5.74, 6) is 0. The Balaban J connectivity index is 1.52. The number of fused-ring (bicyclic) bond motifs is 3. The van der Waals surface area contributed by atoms with Crippen LogP contribution in [0.25, 0.3) is 92.6 Å². The Hall–Kier alpha value is -5.94. The summed E-state index contributed by atoms with van der Waals surface area (Å²) >= 11 is 0. The smallest absolute Gasteiger partial charge is 0.266 e. The predicted octanol–water partition coefficient (Wildman–Crippen LogP) is 8.61. The van der Waals surface area contributed by atoms with Gasteiger partial charge in [-0.1, -0.05) is 30.3 Å². The molecule has 5 nitrogen and oxygen atoms in total. The molecule has 0 aliphatic rings. The van der Waals surface area contributed by atoms with Gasteiger partial charge in [-0.3, -0.25) is 19.6 Å². The van der Waals surface area contributed by atoms with Gasteiger partial charge in [0.25, 0.3) is 11.1 Å². The number of rotatable bonds is 3. The maximum absolute atomic E-state index is 14.6. The summed E-state index contributed by atoms with van der Waals surface area (Å²) in [5, 5.41) is 11.5. The van der Waals surface area contributed by atoms with E-state index in [0.717, 1.165) is 81.9 Å². The number of aromatic nitrogens is 3. The Morgan fingerprint density at radius 2 is 0.956 bits per heavy atom. The molecule has 0 radical (unpaired) electrons.